The molecule has 2 N–H and O–H groups in total. The monoisotopic (exact) mass is 227 g/mol. The van der Waals surface area contributed by atoms with Gasteiger partial charge in [-0.25, -0.2) is 9.67 Å². The fourth-order valence-corrected chi connectivity index (χ4v) is 1.81. The topological polar surface area (TPSA) is 80.5 Å². The number of nitrogens with two attached hydrogens (primary N) is 1. The van der Waals surface area contributed by atoms with Gasteiger partial charge in [-0.2, -0.15) is 5.26 Å². The summed E-state index contributed by atoms with van der Waals surface area (Å²) in [6, 6.07) is 9.82. The van der Waals surface area contributed by atoms with E-state index in [1.54, 1.807) is 11.0 Å². The van der Waals surface area contributed by atoms with E-state index in [0.717, 1.165) is 11.1 Å². The zero-order valence-corrected chi connectivity index (χ0v) is 9.54. The molecule has 0 aliphatic rings. The predicted octanol–water partition coefficient (Wildman–Crippen LogP) is 1.01. The van der Waals surface area contributed by atoms with Gasteiger partial charge in [0, 0.05) is 6.54 Å². The number of aromatic nitrogens is 3. The molecule has 17 heavy (non-hydrogen) atoms. The van der Waals surface area contributed by atoms with Crippen molar-refractivity contribution in [2.75, 3.05) is 6.54 Å². The van der Waals surface area contributed by atoms with Crippen molar-refractivity contribution in [1.82, 2.24) is 14.8 Å². The first kappa shape index (κ1) is 11.3. The molecule has 86 valence electrons. The molecule has 0 saturated heterocycles. The summed E-state index contributed by atoms with van der Waals surface area (Å²) >= 11 is 0. The first-order valence-corrected chi connectivity index (χ1v) is 5.33. The zero-order chi connectivity index (χ0) is 12.3. The van der Waals surface area contributed by atoms with Crippen molar-refractivity contribution in [3.63, 3.8) is 0 Å². The normalized spacial score (nSPS) is 12.1. The molecule has 5 nitrogen and oxygen atoms in total. The van der Waals surface area contributed by atoms with E-state index in [1.165, 1.54) is 0 Å². The molecule has 0 fully saturated rings. The van der Waals surface area contributed by atoms with Gasteiger partial charge in [0.25, 0.3) is 5.82 Å². The predicted molar refractivity (Wildman–Crippen MR) is 63.1 cm³/mol. The number of hydrogen-bond acceptors (Lipinski definition) is 4. The van der Waals surface area contributed by atoms with Crippen LogP contribution in [0.2, 0.25) is 0 Å². The Hall–Kier alpha value is -2.19. The Balaban J connectivity index is 2.41. The number of rotatable bonds is 3. The molecule has 0 aliphatic heterocycles. The maximum atomic E-state index is 8.71. The smallest absolute Gasteiger partial charge is 0.252 e. The van der Waals surface area contributed by atoms with Gasteiger partial charge >= 0.3 is 0 Å². The van der Waals surface area contributed by atoms with Crippen LogP contribution in [0.3, 0.4) is 0 Å². The van der Waals surface area contributed by atoms with Gasteiger partial charge in [0.05, 0.1) is 6.04 Å². The molecular weight excluding hydrogens is 214 g/mol. The van der Waals surface area contributed by atoms with E-state index >= 15 is 0 Å². The summed E-state index contributed by atoms with van der Waals surface area (Å²) in [6.45, 7) is 2.44. The molecule has 1 atom stereocenters. The van der Waals surface area contributed by atoms with Crippen LogP contribution >= 0.6 is 0 Å². The Kier molecular flexibility index (Phi) is 3.17. The summed E-state index contributed by atoms with van der Waals surface area (Å²) in [6.07, 6.45) is 1.54. The molecule has 5 heteroatoms. The number of nitriles is 1. The van der Waals surface area contributed by atoms with Gasteiger partial charge in [0.2, 0.25) is 0 Å². The van der Waals surface area contributed by atoms with Gasteiger partial charge in [0.15, 0.2) is 0 Å². The first-order valence-electron chi connectivity index (χ1n) is 5.33. The minimum atomic E-state index is -0.0780. The SMILES string of the molecule is Cc1ccccc1C(CN)n1cnc(C#N)n1. The molecule has 0 aliphatic carbocycles. The van der Waals surface area contributed by atoms with E-state index in [2.05, 4.69) is 10.1 Å². The molecular formula is C12H13N5. The Morgan fingerprint density at radius 1 is 1.47 bits per heavy atom. The Bertz CT molecular complexity index is 552. The number of hydrogen-bond donors (Lipinski definition) is 1. The number of benzene rings is 1. The highest BCUT2D eigenvalue weighted by Crippen LogP contribution is 2.19. The van der Waals surface area contributed by atoms with E-state index in [4.69, 9.17) is 11.0 Å². The van der Waals surface area contributed by atoms with Crippen LogP contribution in [0.25, 0.3) is 0 Å². The molecule has 0 radical (unpaired) electrons. The van der Waals surface area contributed by atoms with Crippen LogP contribution in [0.15, 0.2) is 30.6 Å². The van der Waals surface area contributed by atoms with Gasteiger partial charge < -0.3 is 5.73 Å². The van der Waals surface area contributed by atoms with Crippen LogP contribution in [0, 0.1) is 18.3 Å². The van der Waals surface area contributed by atoms with Gasteiger partial charge in [-0.15, -0.1) is 5.10 Å². The van der Waals surface area contributed by atoms with Crippen molar-refractivity contribution >= 4 is 0 Å². The summed E-state index contributed by atoms with van der Waals surface area (Å²) in [4.78, 5) is 3.89. The lowest BCUT2D eigenvalue weighted by Gasteiger charge is -2.17. The van der Waals surface area contributed by atoms with Crippen LogP contribution in [0.1, 0.15) is 23.0 Å². The summed E-state index contributed by atoms with van der Waals surface area (Å²) < 4.78 is 1.64. The lowest BCUT2D eigenvalue weighted by atomic mass is 10.0. The highest BCUT2D eigenvalue weighted by atomic mass is 15.3. The van der Waals surface area contributed by atoms with Crippen LogP contribution in [-0.2, 0) is 0 Å². The van der Waals surface area contributed by atoms with Gasteiger partial charge in [0.1, 0.15) is 12.4 Å². The Morgan fingerprint density at radius 2 is 2.24 bits per heavy atom. The minimum absolute atomic E-state index is 0.0780. The maximum Gasteiger partial charge on any atom is 0.252 e. The molecule has 0 bridgehead atoms. The second-order valence-corrected chi connectivity index (χ2v) is 3.77. The standard InChI is InChI=1S/C12H13N5/c1-9-4-2-3-5-10(9)11(6-13)17-8-15-12(7-14)16-17/h2-5,8,11H,6,13H2,1H3. The average molecular weight is 227 g/mol. The van der Waals surface area contributed by atoms with E-state index in [9.17, 15) is 0 Å². The second kappa shape index (κ2) is 4.76. The van der Waals surface area contributed by atoms with Crippen LogP contribution in [0.5, 0.6) is 0 Å². The first-order chi connectivity index (χ1) is 8.26. The number of aryl methyl sites for hydroxylation is 1. The Labute approximate surface area is 99.5 Å². The molecule has 1 heterocycles. The van der Waals surface area contributed by atoms with Crippen LogP contribution in [0.4, 0.5) is 0 Å². The fourth-order valence-electron chi connectivity index (χ4n) is 1.81. The Morgan fingerprint density at radius 3 is 2.82 bits per heavy atom. The van der Waals surface area contributed by atoms with E-state index < -0.39 is 0 Å². The molecule has 0 saturated carbocycles. The lowest BCUT2D eigenvalue weighted by molar-refractivity contribution is 0.527. The van der Waals surface area contributed by atoms with Crippen molar-refractivity contribution in [3.05, 3.63) is 47.5 Å². The van der Waals surface area contributed by atoms with Gasteiger partial charge in [-0.3, -0.25) is 0 Å². The third kappa shape index (κ3) is 2.17. The zero-order valence-electron chi connectivity index (χ0n) is 9.54. The number of nitrogens with zero attached hydrogens (tertiary/aromatic N) is 4. The molecule has 2 rings (SSSR count). The quantitative estimate of drug-likeness (QED) is 0.848. The van der Waals surface area contributed by atoms with Gasteiger partial charge in [-0.1, -0.05) is 24.3 Å². The van der Waals surface area contributed by atoms with Crippen molar-refractivity contribution in [1.29, 1.82) is 5.26 Å². The molecule has 1 aromatic heterocycles. The minimum Gasteiger partial charge on any atom is -0.328 e. The van der Waals surface area contributed by atoms with E-state index in [0.29, 0.717) is 6.54 Å². The highest BCUT2D eigenvalue weighted by Gasteiger charge is 2.15. The van der Waals surface area contributed by atoms with Crippen LogP contribution < -0.4 is 5.73 Å². The van der Waals surface area contributed by atoms with Crippen molar-refractivity contribution in [2.24, 2.45) is 5.73 Å². The van der Waals surface area contributed by atoms with E-state index in [1.807, 2.05) is 37.3 Å². The second-order valence-electron chi connectivity index (χ2n) is 3.77. The highest BCUT2D eigenvalue weighted by molar-refractivity contribution is 5.29. The molecule has 0 spiro atoms. The largest absolute Gasteiger partial charge is 0.328 e. The summed E-state index contributed by atoms with van der Waals surface area (Å²) in [7, 11) is 0. The van der Waals surface area contributed by atoms with E-state index in [-0.39, 0.29) is 11.9 Å². The fraction of sp³-hybridized carbons (Fsp3) is 0.250. The van der Waals surface area contributed by atoms with Crippen LogP contribution in [-0.4, -0.2) is 21.3 Å². The van der Waals surface area contributed by atoms with Crippen molar-refractivity contribution in [3.8, 4) is 6.07 Å². The van der Waals surface area contributed by atoms with Crippen molar-refractivity contribution < 1.29 is 0 Å². The third-order valence-corrected chi connectivity index (χ3v) is 2.70. The van der Waals surface area contributed by atoms with Gasteiger partial charge in [-0.05, 0) is 18.1 Å². The molecule has 2 aromatic rings. The molecule has 0 amide bonds. The average Bonchev–Trinajstić information content (AvgIpc) is 2.81. The van der Waals surface area contributed by atoms with Crippen molar-refractivity contribution in [2.45, 2.75) is 13.0 Å². The maximum absolute atomic E-state index is 8.71. The molecule has 1 aromatic carbocycles. The summed E-state index contributed by atoms with van der Waals surface area (Å²) in [5, 5.41) is 12.8. The summed E-state index contributed by atoms with van der Waals surface area (Å²) in [5.41, 5.74) is 8.04. The lowest BCUT2D eigenvalue weighted by Crippen LogP contribution is -2.21. The third-order valence-electron chi connectivity index (χ3n) is 2.70. The summed E-state index contributed by atoms with van der Waals surface area (Å²) in [5.74, 6) is 0.164. The molecule has 1 unspecified atom stereocenters.